The first kappa shape index (κ1) is 7.83. The molecule has 0 radical (unpaired) electrons. The Hall–Kier alpha value is -0.270. The lowest BCUT2D eigenvalue weighted by molar-refractivity contribution is -0.111. The van der Waals surface area contributed by atoms with Gasteiger partial charge in [0.15, 0.2) is 0 Å². The number of hydrogen-bond donors (Lipinski definition) is 0. The zero-order valence-electron chi connectivity index (χ0n) is 5.45. The van der Waals surface area contributed by atoms with Gasteiger partial charge in [0, 0.05) is 0 Å². The summed E-state index contributed by atoms with van der Waals surface area (Å²) in [5.74, 6) is -0.257. The molecular formula is C7H6Cl2O. The summed E-state index contributed by atoms with van der Waals surface area (Å²) in [6, 6.07) is 0. The fourth-order valence-corrected chi connectivity index (χ4v) is 1.12. The maximum absolute atomic E-state index is 10.9. The molecule has 0 aromatic carbocycles. The van der Waals surface area contributed by atoms with E-state index in [9.17, 15) is 4.79 Å². The summed E-state index contributed by atoms with van der Waals surface area (Å²) in [6.07, 6.45) is 2.36. The van der Waals surface area contributed by atoms with E-state index in [1.54, 1.807) is 6.08 Å². The Balaban J connectivity index is 2.98. The van der Waals surface area contributed by atoms with Crippen molar-refractivity contribution in [3.05, 3.63) is 21.7 Å². The van der Waals surface area contributed by atoms with Crippen molar-refractivity contribution in [1.29, 1.82) is 0 Å². The van der Waals surface area contributed by atoms with Crippen LogP contribution in [-0.4, -0.2) is 5.78 Å². The van der Waals surface area contributed by atoms with Gasteiger partial charge < -0.3 is 0 Å². The van der Waals surface area contributed by atoms with E-state index in [1.807, 2.05) is 6.92 Å². The van der Waals surface area contributed by atoms with E-state index in [1.165, 1.54) is 0 Å². The normalized spacial score (nSPS) is 19.5. The van der Waals surface area contributed by atoms with Crippen molar-refractivity contribution in [3.63, 3.8) is 0 Å². The van der Waals surface area contributed by atoms with Gasteiger partial charge in [0.25, 0.3) is 0 Å². The van der Waals surface area contributed by atoms with Gasteiger partial charge in [-0.05, 0) is 18.9 Å². The summed E-state index contributed by atoms with van der Waals surface area (Å²) in [5, 5.41) is 0.503. The zero-order valence-corrected chi connectivity index (χ0v) is 6.96. The van der Waals surface area contributed by atoms with E-state index >= 15 is 0 Å². The van der Waals surface area contributed by atoms with Gasteiger partial charge in [-0.15, -0.1) is 0 Å². The van der Waals surface area contributed by atoms with Crippen LogP contribution in [0.2, 0.25) is 0 Å². The number of rotatable bonds is 0. The molecule has 0 aromatic rings. The minimum atomic E-state index is -0.257. The van der Waals surface area contributed by atoms with Crippen molar-refractivity contribution >= 4 is 29.0 Å². The molecule has 0 N–H and O–H groups in total. The molecular weight excluding hydrogens is 171 g/mol. The van der Waals surface area contributed by atoms with Crippen LogP contribution in [-0.2, 0) is 4.79 Å². The Bertz CT molecular complexity index is 238. The molecule has 0 aromatic heterocycles. The molecule has 1 rings (SSSR count). The van der Waals surface area contributed by atoms with Gasteiger partial charge in [-0.3, -0.25) is 4.79 Å². The molecule has 1 nitrogen and oxygen atoms in total. The molecule has 0 atom stereocenters. The van der Waals surface area contributed by atoms with Crippen LogP contribution < -0.4 is 0 Å². The van der Waals surface area contributed by atoms with Crippen molar-refractivity contribution in [1.82, 2.24) is 0 Å². The van der Waals surface area contributed by atoms with Gasteiger partial charge in [0.1, 0.15) is 0 Å². The van der Waals surface area contributed by atoms with Crippen LogP contribution in [0.25, 0.3) is 0 Å². The standard InChI is InChI=1S/C7H6Cl2O/c1-4-2-3-5(8)7(10)6(4)9/h3H,2H2,1H3. The fraction of sp³-hybridized carbons (Fsp3) is 0.286. The molecule has 0 saturated carbocycles. The molecule has 0 amide bonds. The Labute approximate surface area is 69.3 Å². The van der Waals surface area contributed by atoms with Crippen LogP contribution in [0, 0.1) is 0 Å². The van der Waals surface area contributed by atoms with Crippen LogP contribution in [0.3, 0.4) is 0 Å². The monoisotopic (exact) mass is 176 g/mol. The minimum Gasteiger partial charge on any atom is -0.287 e. The van der Waals surface area contributed by atoms with E-state index < -0.39 is 0 Å². The Morgan fingerprint density at radius 2 is 2.10 bits per heavy atom. The fourth-order valence-electron chi connectivity index (χ4n) is 0.724. The van der Waals surface area contributed by atoms with E-state index in [4.69, 9.17) is 23.2 Å². The predicted molar refractivity (Wildman–Crippen MR) is 42.1 cm³/mol. The number of ketones is 1. The Morgan fingerprint density at radius 3 is 2.60 bits per heavy atom. The smallest absolute Gasteiger partial charge is 0.215 e. The molecule has 0 saturated heterocycles. The van der Waals surface area contributed by atoms with Gasteiger partial charge in [0.05, 0.1) is 10.1 Å². The second-order valence-electron chi connectivity index (χ2n) is 2.18. The maximum Gasteiger partial charge on any atom is 0.215 e. The largest absolute Gasteiger partial charge is 0.287 e. The summed E-state index contributed by atoms with van der Waals surface area (Å²) in [5.41, 5.74) is 0.885. The SMILES string of the molecule is CC1=C(Cl)C(=O)C(Cl)=CC1. The summed E-state index contributed by atoms with van der Waals surface area (Å²) in [7, 11) is 0. The van der Waals surface area contributed by atoms with Crippen molar-refractivity contribution in [2.75, 3.05) is 0 Å². The summed E-state index contributed by atoms with van der Waals surface area (Å²) < 4.78 is 0. The highest BCUT2D eigenvalue weighted by molar-refractivity contribution is 6.55. The lowest BCUT2D eigenvalue weighted by Crippen LogP contribution is -2.04. The molecule has 0 spiro atoms. The number of halogens is 2. The molecule has 0 fully saturated rings. The van der Waals surface area contributed by atoms with Gasteiger partial charge in [-0.25, -0.2) is 0 Å². The number of carbonyl (C=O) groups is 1. The zero-order chi connectivity index (χ0) is 7.72. The quantitative estimate of drug-likeness (QED) is 0.555. The highest BCUT2D eigenvalue weighted by Gasteiger charge is 2.17. The van der Waals surface area contributed by atoms with E-state index in [0.29, 0.717) is 6.42 Å². The highest BCUT2D eigenvalue weighted by atomic mass is 35.5. The van der Waals surface area contributed by atoms with Gasteiger partial charge >= 0.3 is 0 Å². The average molecular weight is 177 g/mol. The minimum absolute atomic E-state index is 0.232. The van der Waals surface area contributed by atoms with Gasteiger partial charge in [-0.1, -0.05) is 29.3 Å². The number of hydrogen-bond acceptors (Lipinski definition) is 1. The van der Waals surface area contributed by atoms with Crippen molar-refractivity contribution < 1.29 is 4.79 Å². The second kappa shape index (κ2) is 2.77. The lowest BCUT2D eigenvalue weighted by Gasteiger charge is -2.07. The summed E-state index contributed by atoms with van der Waals surface area (Å²) >= 11 is 11.1. The molecule has 3 heteroatoms. The van der Waals surface area contributed by atoms with E-state index in [-0.39, 0.29) is 15.8 Å². The van der Waals surface area contributed by atoms with Crippen LogP contribution in [0.15, 0.2) is 21.7 Å². The van der Waals surface area contributed by atoms with E-state index in [2.05, 4.69) is 0 Å². The number of Topliss-reactive ketones (excluding diaryl/α,β-unsaturated/α-hetero) is 1. The van der Waals surface area contributed by atoms with Crippen molar-refractivity contribution in [3.8, 4) is 0 Å². The molecule has 1 aliphatic rings. The third-order valence-electron chi connectivity index (χ3n) is 1.38. The van der Waals surface area contributed by atoms with Crippen LogP contribution >= 0.6 is 23.2 Å². The molecule has 0 unspecified atom stereocenters. The topological polar surface area (TPSA) is 17.1 Å². The van der Waals surface area contributed by atoms with Crippen LogP contribution in [0.1, 0.15) is 13.3 Å². The molecule has 0 heterocycles. The number of allylic oxidation sites excluding steroid dienone is 4. The Kier molecular flexibility index (Phi) is 2.17. The molecule has 0 aliphatic heterocycles. The molecule has 10 heavy (non-hydrogen) atoms. The van der Waals surface area contributed by atoms with Gasteiger partial charge in [0.2, 0.25) is 5.78 Å². The number of carbonyl (C=O) groups excluding carboxylic acids is 1. The third kappa shape index (κ3) is 1.25. The first-order valence-electron chi connectivity index (χ1n) is 2.88. The first-order chi connectivity index (χ1) is 4.63. The molecule has 1 aliphatic carbocycles. The average Bonchev–Trinajstić information content (AvgIpc) is 1.93. The Morgan fingerprint density at radius 1 is 1.50 bits per heavy atom. The summed E-state index contributed by atoms with van der Waals surface area (Å²) in [4.78, 5) is 10.9. The van der Waals surface area contributed by atoms with Crippen LogP contribution in [0.5, 0.6) is 0 Å². The summed E-state index contributed by atoms with van der Waals surface area (Å²) in [6.45, 7) is 1.82. The first-order valence-corrected chi connectivity index (χ1v) is 3.64. The van der Waals surface area contributed by atoms with Crippen LogP contribution in [0.4, 0.5) is 0 Å². The maximum atomic E-state index is 10.9. The lowest BCUT2D eigenvalue weighted by atomic mass is 10.1. The highest BCUT2D eigenvalue weighted by Crippen LogP contribution is 2.25. The van der Waals surface area contributed by atoms with Crippen molar-refractivity contribution in [2.24, 2.45) is 0 Å². The van der Waals surface area contributed by atoms with Gasteiger partial charge in [-0.2, -0.15) is 0 Å². The second-order valence-corrected chi connectivity index (χ2v) is 2.96. The third-order valence-corrected chi connectivity index (χ3v) is 2.20. The van der Waals surface area contributed by atoms with Crippen molar-refractivity contribution in [2.45, 2.75) is 13.3 Å². The van der Waals surface area contributed by atoms with E-state index in [0.717, 1.165) is 5.57 Å². The molecule has 0 bridgehead atoms. The predicted octanol–water partition coefficient (Wildman–Crippen LogP) is 2.59. The molecule has 54 valence electrons.